The Morgan fingerprint density at radius 3 is 2.71 bits per heavy atom. The van der Waals surface area contributed by atoms with E-state index in [4.69, 9.17) is 5.10 Å². The van der Waals surface area contributed by atoms with Gasteiger partial charge in [0.1, 0.15) is 0 Å². The van der Waals surface area contributed by atoms with E-state index in [1.807, 2.05) is 36.1 Å². The van der Waals surface area contributed by atoms with Crippen molar-refractivity contribution in [1.29, 1.82) is 0 Å². The fraction of sp³-hybridized carbons (Fsp3) is 0.188. The fourth-order valence-corrected chi connectivity index (χ4v) is 3.82. The summed E-state index contributed by atoms with van der Waals surface area (Å²) in [6.45, 7) is 0. The third-order valence-corrected chi connectivity index (χ3v) is 5.37. The molecule has 0 aliphatic rings. The SMILES string of the molecule is CNC(Cc1sccc1Br)c1ccn(-c2ccccc2)n1. The minimum Gasteiger partial charge on any atom is -0.311 e. The van der Waals surface area contributed by atoms with Crippen molar-refractivity contribution >= 4 is 27.3 Å². The lowest BCUT2D eigenvalue weighted by molar-refractivity contribution is 0.572. The van der Waals surface area contributed by atoms with Crippen LogP contribution in [0.15, 0.2) is 58.5 Å². The molecule has 0 fully saturated rings. The van der Waals surface area contributed by atoms with Gasteiger partial charge in [0.05, 0.1) is 17.4 Å². The molecule has 2 heterocycles. The summed E-state index contributed by atoms with van der Waals surface area (Å²) in [4.78, 5) is 1.34. The number of aromatic nitrogens is 2. The molecule has 1 N–H and O–H groups in total. The zero-order valence-corrected chi connectivity index (χ0v) is 14.1. The summed E-state index contributed by atoms with van der Waals surface area (Å²) in [5.74, 6) is 0. The van der Waals surface area contributed by atoms with Crippen molar-refractivity contribution in [3.63, 3.8) is 0 Å². The molecule has 0 aliphatic carbocycles. The summed E-state index contributed by atoms with van der Waals surface area (Å²) in [7, 11) is 1.98. The van der Waals surface area contributed by atoms with E-state index in [0.717, 1.165) is 17.8 Å². The molecule has 5 heteroatoms. The molecular formula is C16H16BrN3S. The van der Waals surface area contributed by atoms with Gasteiger partial charge in [-0.05, 0) is 52.6 Å². The zero-order chi connectivity index (χ0) is 14.7. The van der Waals surface area contributed by atoms with Crippen molar-refractivity contribution in [2.24, 2.45) is 0 Å². The highest BCUT2D eigenvalue weighted by atomic mass is 79.9. The van der Waals surface area contributed by atoms with Crippen molar-refractivity contribution in [3.05, 3.63) is 69.1 Å². The second-order valence-corrected chi connectivity index (χ2v) is 6.61. The van der Waals surface area contributed by atoms with E-state index in [0.29, 0.717) is 0 Å². The largest absolute Gasteiger partial charge is 0.311 e. The third kappa shape index (κ3) is 3.26. The van der Waals surface area contributed by atoms with Gasteiger partial charge in [-0.25, -0.2) is 4.68 Å². The Morgan fingerprint density at radius 1 is 1.24 bits per heavy atom. The Kier molecular flexibility index (Phi) is 4.53. The van der Waals surface area contributed by atoms with Gasteiger partial charge in [0.15, 0.2) is 0 Å². The van der Waals surface area contributed by atoms with Crippen LogP contribution in [0.2, 0.25) is 0 Å². The number of hydrogen-bond donors (Lipinski definition) is 1. The van der Waals surface area contributed by atoms with E-state index in [2.05, 4.69) is 50.9 Å². The minimum atomic E-state index is 0.213. The predicted molar refractivity (Wildman–Crippen MR) is 91.1 cm³/mol. The molecule has 1 aromatic carbocycles. The minimum absolute atomic E-state index is 0.213. The van der Waals surface area contributed by atoms with Gasteiger partial charge < -0.3 is 5.32 Å². The van der Waals surface area contributed by atoms with Crippen LogP contribution in [-0.2, 0) is 6.42 Å². The average molecular weight is 362 g/mol. The average Bonchev–Trinajstić information content (AvgIpc) is 3.15. The highest BCUT2D eigenvalue weighted by Crippen LogP contribution is 2.27. The molecule has 0 spiro atoms. The number of benzene rings is 1. The van der Waals surface area contributed by atoms with Gasteiger partial charge in [-0.1, -0.05) is 18.2 Å². The second kappa shape index (κ2) is 6.56. The Morgan fingerprint density at radius 2 is 2.05 bits per heavy atom. The van der Waals surface area contributed by atoms with Crippen molar-refractivity contribution < 1.29 is 0 Å². The molecular weight excluding hydrogens is 346 g/mol. The number of halogens is 1. The van der Waals surface area contributed by atoms with Crippen LogP contribution in [0, 0.1) is 0 Å². The number of rotatable bonds is 5. The quantitative estimate of drug-likeness (QED) is 0.737. The van der Waals surface area contributed by atoms with E-state index in [1.165, 1.54) is 9.35 Å². The van der Waals surface area contributed by atoms with Gasteiger partial charge in [0, 0.05) is 22.0 Å². The summed E-state index contributed by atoms with van der Waals surface area (Å²) >= 11 is 5.37. The van der Waals surface area contributed by atoms with E-state index >= 15 is 0 Å². The topological polar surface area (TPSA) is 29.9 Å². The van der Waals surface area contributed by atoms with Crippen LogP contribution in [0.25, 0.3) is 5.69 Å². The maximum atomic E-state index is 4.71. The highest BCUT2D eigenvalue weighted by Gasteiger charge is 2.15. The summed E-state index contributed by atoms with van der Waals surface area (Å²) in [6, 6.07) is 14.6. The van der Waals surface area contributed by atoms with Crippen LogP contribution in [0.3, 0.4) is 0 Å². The number of thiophene rings is 1. The summed E-state index contributed by atoms with van der Waals surface area (Å²) in [5.41, 5.74) is 2.14. The van der Waals surface area contributed by atoms with Crippen molar-refractivity contribution in [2.45, 2.75) is 12.5 Å². The Hall–Kier alpha value is -1.43. The standard InChI is InChI=1S/C16H16BrN3S/c1-18-15(11-16-13(17)8-10-21-16)14-7-9-20(19-14)12-5-3-2-4-6-12/h2-10,15,18H,11H2,1H3. The Bertz CT molecular complexity index is 705. The molecule has 0 aliphatic heterocycles. The lowest BCUT2D eigenvalue weighted by Gasteiger charge is -2.13. The number of hydrogen-bond acceptors (Lipinski definition) is 3. The molecule has 1 unspecified atom stereocenters. The van der Waals surface area contributed by atoms with E-state index in [9.17, 15) is 0 Å². The highest BCUT2D eigenvalue weighted by molar-refractivity contribution is 9.10. The van der Waals surface area contributed by atoms with E-state index in [-0.39, 0.29) is 6.04 Å². The van der Waals surface area contributed by atoms with Crippen LogP contribution in [0.5, 0.6) is 0 Å². The van der Waals surface area contributed by atoms with E-state index < -0.39 is 0 Å². The van der Waals surface area contributed by atoms with Crippen molar-refractivity contribution in [1.82, 2.24) is 15.1 Å². The number of nitrogens with zero attached hydrogens (tertiary/aromatic N) is 2. The maximum absolute atomic E-state index is 4.71. The number of likely N-dealkylation sites (N-methyl/N-ethyl adjacent to an activating group) is 1. The molecule has 0 saturated carbocycles. The first-order valence-corrected chi connectivity index (χ1v) is 8.45. The summed E-state index contributed by atoms with van der Waals surface area (Å²) in [6.07, 6.45) is 2.94. The van der Waals surface area contributed by atoms with Crippen LogP contribution < -0.4 is 5.32 Å². The second-order valence-electron chi connectivity index (χ2n) is 4.76. The molecule has 21 heavy (non-hydrogen) atoms. The molecule has 0 saturated heterocycles. The normalized spacial score (nSPS) is 12.5. The van der Waals surface area contributed by atoms with Gasteiger partial charge in [-0.3, -0.25) is 0 Å². The van der Waals surface area contributed by atoms with Gasteiger partial charge >= 0.3 is 0 Å². The van der Waals surface area contributed by atoms with Crippen LogP contribution in [-0.4, -0.2) is 16.8 Å². The van der Waals surface area contributed by atoms with Gasteiger partial charge in [-0.2, -0.15) is 5.10 Å². The molecule has 2 aromatic heterocycles. The lowest BCUT2D eigenvalue weighted by atomic mass is 10.1. The Labute approximate surface area is 136 Å². The van der Waals surface area contributed by atoms with Gasteiger partial charge in [0.25, 0.3) is 0 Å². The number of nitrogens with one attached hydrogen (secondary N) is 1. The summed E-state index contributed by atoms with van der Waals surface area (Å²) < 4.78 is 3.10. The summed E-state index contributed by atoms with van der Waals surface area (Å²) in [5, 5.41) is 10.2. The first-order valence-electron chi connectivity index (χ1n) is 6.78. The predicted octanol–water partition coefficient (Wildman–Crippen LogP) is 4.20. The first-order chi connectivity index (χ1) is 10.3. The van der Waals surface area contributed by atoms with Gasteiger partial charge in [-0.15, -0.1) is 11.3 Å². The maximum Gasteiger partial charge on any atom is 0.0802 e. The zero-order valence-electron chi connectivity index (χ0n) is 11.7. The third-order valence-electron chi connectivity index (χ3n) is 3.42. The smallest absolute Gasteiger partial charge is 0.0802 e. The molecule has 108 valence electrons. The first kappa shape index (κ1) is 14.5. The monoisotopic (exact) mass is 361 g/mol. The molecule has 3 aromatic rings. The van der Waals surface area contributed by atoms with Crippen molar-refractivity contribution in [3.8, 4) is 5.69 Å². The van der Waals surface area contributed by atoms with Crippen LogP contribution in [0.4, 0.5) is 0 Å². The fourth-order valence-electron chi connectivity index (χ4n) is 2.26. The van der Waals surface area contributed by atoms with Crippen molar-refractivity contribution in [2.75, 3.05) is 7.05 Å². The van der Waals surface area contributed by atoms with Gasteiger partial charge in [0.2, 0.25) is 0 Å². The molecule has 0 amide bonds. The number of para-hydroxylation sites is 1. The van der Waals surface area contributed by atoms with E-state index in [1.54, 1.807) is 11.3 Å². The molecule has 0 bridgehead atoms. The van der Waals surface area contributed by atoms with Crippen LogP contribution in [0.1, 0.15) is 16.6 Å². The van der Waals surface area contributed by atoms with Crippen LogP contribution >= 0.6 is 27.3 Å². The molecule has 0 radical (unpaired) electrons. The molecule has 1 atom stereocenters. The molecule has 3 rings (SSSR count). The molecule has 3 nitrogen and oxygen atoms in total. The Balaban J connectivity index is 1.82. The lowest BCUT2D eigenvalue weighted by Crippen LogP contribution is -2.19.